The lowest BCUT2D eigenvalue weighted by molar-refractivity contribution is -0.142. The Hall–Kier alpha value is -1.38. The van der Waals surface area contributed by atoms with Crippen molar-refractivity contribution in [3.8, 4) is 0 Å². The van der Waals surface area contributed by atoms with Crippen molar-refractivity contribution >= 4 is 5.97 Å². The first kappa shape index (κ1) is 23.9. The lowest BCUT2D eigenvalue weighted by atomic mass is 9.82. The van der Waals surface area contributed by atoms with Gasteiger partial charge in [0.1, 0.15) is 5.82 Å². The Morgan fingerprint density at radius 3 is 1.52 bits per heavy atom. The molecule has 1 rings (SSSR count). The van der Waals surface area contributed by atoms with E-state index >= 15 is 0 Å². The highest BCUT2D eigenvalue weighted by molar-refractivity contribution is 5.79. The summed E-state index contributed by atoms with van der Waals surface area (Å²) in [7, 11) is 1.38. The van der Waals surface area contributed by atoms with Crippen LogP contribution in [0.2, 0.25) is 0 Å². The number of ether oxygens (including phenoxy) is 1. The van der Waals surface area contributed by atoms with Crippen LogP contribution < -0.4 is 0 Å². The van der Waals surface area contributed by atoms with Crippen LogP contribution in [0.15, 0.2) is 12.1 Å². The van der Waals surface area contributed by atoms with Crippen LogP contribution in [0.5, 0.6) is 0 Å². The molecule has 3 heteroatoms. The van der Waals surface area contributed by atoms with Crippen LogP contribution >= 0.6 is 0 Å². The lowest BCUT2D eigenvalue weighted by Gasteiger charge is -2.23. The van der Waals surface area contributed by atoms with Crippen molar-refractivity contribution in [1.82, 2.24) is 0 Å². The Kier molecular flexibility index (Phi) is 12.6. The van der Waals surface area contributed by atoms with E-state index in [2.05, 4.69) is 0 Å². The zero-order chi connectivity index (χ0) is 18.7. The third kappa shape index (κ3) is 6.72. The molecular formula is C20H35FO2. The maximum absolute atomic E-state index is 13.8. The molecule has 0 aliphatic carbocycles. The van der Waals surface area contributed by atoms with Crippen molar-refractivity contribution in [2.45, 2.75) is 80.1 Å². The molecule has 1 unspecified atom stereocenters. The van der Waals surface area contributed by atoms with Crippen LogP contribution in [0.3, 0.4) is 0 Å². The van der Waals surface area contributed by atoms with E-state index in [1.165, 1.54) is 19.2 Å². The van der Waals surface area contributed by atoms with Gasteiger partial charge in [-0.2, -0.15) is 0 Å². The molecule has 0 fully saturated rings. The van der Waals surface area contributed by atoms with Gasteiger partial charge in [0.25, 0.3) is 0 Å². The molecule has 1 aromatic rings. The van der Waals surface area contributed by atoms with Crippen molar-refractivity contribution in [3.05, 3.63) is 34.6 Å². The fraction of sp³-hybridized carbons (Fsp3) is 0.650. The molecule has 1 atom stereocenters. The predicted octanol–water partition coefficient (Wildman–Crippen LogP) is 6.40. The van der Waals surface area contributed by atoms with Gasteiger partial charge in [-0.15, -0.1) is 0 Å². The average molecular weight is 326 g/mol. The highest BCUT2D eigenvalue weighted by Crippen LogP contribution is 2.34. The van der Waals surface area contributed by atoms with Crippen molar-refractivity contribution in [3.63, 3.8) is 0 Å². The van der Waals surface area contributed by atoms with Gasteiger partial charge in [-0.1, -0.05) is 55.4 Å². The number of carbonyl (C=O) groups excluding carboxylic acids is 1. The second kappa shape index (κ2) is 12.1. The second-order valence-electron chi connectivity index (χ2n) is 5.55. The topological polar surface area (TPSA) is 26.3 Å². The predicted molar refractivity (Wildman–Crippen MR) is 97.7 cm³/mol. The van der Waals surface area contributed by atoms with E-state index in [9.17, 15) is 9.18 Å². The molecule has 0 saturated carbocycles. The largest absolute Gasteiger partial charge is 0.469 e. The molecule has 0 radical (unpaired) electrons. The monoisotopic (exact) mass is 326 g/mol. The molecule has 1 aromatic carbocycles. The highest BCUT2D eigenvalue weighted by Gasteiger charge is 2.25. The number of halogens is 1. The van der Waals surface area contributed by atoms with Crippen LogP contribution in [-0.4, -0.2) is 13.1 Å². The molecule has 0 bridgehead atoms. The molecule has 0 aliphatic rings. The summed E-state index contributed by atoms with van der Waals surface area (Å²) in [6, 6.07) is 3.07. The van der Waals surface area contributed by atoms with Gasteiger partial charge in [-0.05, 0) is 47.6 Å². The number of esters is 1. The summed E-state index contributed by atoms with van der Waals surface area (Å²) in [6.45, 7) is 17.8. The van der Waals surface area contributed by atoms with Crippen LogP contribution in [0.25, 0.3) is 0 Å². The van der Waals surface area contributed by atoms with Crippen LogP contribution in [0.1, 0.15) is 96.8 Å². The zero-order valence-electron chi connectivity index (χ0n) is 16.6. The average Bonchev–Trinajstić information content (AvgIpc) is 2.56. The minimum Gasteiger partial charge on any atom is -0.469 e. The maximum atomic E-state index is 13.8. The molecule has 0 N–H and O–H groups in total. The van der Waals surface area contributed by atoms with Gasteiger partial charge in [-0.3, -0.25) is 4.79 Å². The minimum absolute atomic E-state index is 0.162. The third-order valence-corrected chi connectivity index (χ3v) is 3.44. The lowest BCUT2D eigenvalue weighted by Crippen LogP contribution is -2.16. The molecular weight excluding hydrogens is 291 g/mol. The Morgan fingerprint density at radius 1 is 0.913 bits per heavy atom. The fourth-order valence-corrected chi connectivity index (χ4v) is 2.41. The molecule has 134 valence electrons. The summed E-state index contributed by atoms with van der Waals surface area (Å²) in [6.07, 6.45) is 0. The van der Waals surface area contributed by atoms with Crippen molar-refractivity contribution < 1.29 is 13.9 Å². The molecule has 0 spiro atoms. The summed E-state index contributed by atoms with van der Waals surface area (Å²) >= 11 is 0. The normalized spacial score (nSPS) is 11.2. The van der Waals surface area contributed by atoms with E-state index in [0.29, 0.717) is 0 Å². The highest BCUT2D eigenvalue weighted by atomic mass is 19.1. The number of carbonyl (C=O) groups is 1. The first-order chi connectivity index (χ1) is 10.8. The van der Waals surface area contributed by atoms with Gasteiger partial charge in [0, 0.05) is 0 Å². The Morgan fingerprint density at radius 2 is 1.26 bits per heavy atom. The smallest absolute Gasteiger partial charge is 0.312 e. The number of benzene rings is 1. The van der Waals surface area contributed by atoms with E-state index in [1.807, 2.05) is 62.3 Å². The van der Waals surface area contributed by atoms with Gasteiger partial charge < -0.3 is 4.74 Å². The molecule has 0 aromatic heterocycles. The fourth-order valence-electron chi connectivity index (χ4n) is 2.41. The zero-order valence-corrected chi connectivity index (χ0v) is 16.6. The number of methoxy groups -OCH3 is 1. The Balaban J connectivity index is 0. The second-order valence-corrected chi connectivity index (χ2v) is 5.55. The third-order valence-electron chi connectivity index (χ3n) is 3.44. The molecule has 2 nitrogen and oxygen atoms in total. The van der Waals surface area contributed by atoms with Gasteiger partial charge in [0.15, 0.2) is 0 Å². The number of rotatable bonds is 4. The summed E-state index contributed by atoms with van der Waals surface area (Å²) in [4.78, 5) is 11.8. The molecule has 0 saturated heterocycles. The SMILES string of the molecule is CC.CC.COC(=O)C(C)c1c(C(C)C)cc(F)cc1C(C)C. The van der Waals surface area contributed by atoms with Crippen molar-refractivity contribution in [1.29, 1.82) is 0 Å². The Bertz CT molecular complexity index is 436. The van der Waals surface area contributed by atoms with Gasteiger partial charge in [-0.25, -0.2) is 4.39 Å². The molecule has 0 aliphatic heterocycles. The molecule has 0 heterocycles. The molecule has 23 heavy (non-hydrogen) atoms. The van der Waals surface area contributed by atoms with E-state index in [1.54, 1.807) is 0 Å². The van der Waals surface area contributed by atoms with Crippen LogP contribution in [-0.2, 0) is 9.53 Å². The summed E-state index contributed by atoms with van der Waals surface area (Å²) in [5, 5.41) is 0. The summed E-state index contributed by atoms with van der Waals surface area (Å²) in [5.74, 6) is -0.574. The van der Waals surface area contributed by atoms with E-state index in [4.69, 9.17) is 4.74 Å². The maximum Gasteiger partial charge on any atom is 0.312 e. The van der Waals surface area contributed by atoms with Gasteiger partial charge in [0.05, 0.1) is 13.0 Å². The number of hydrogen-bond acceptors (Lipinski definition) is 2. The van der Waals surface area contributed by atoms with E-state index < -0.39 is 0 Å². The first-order valence-corrected chi connectivity index (χ1v) is 8.70. The minimum atomic E-state index is -0.375. The van der Waals surface area contributed by atoms with Crippen LogP contribution in [0, 0.1) is 5.82 Å². The Labute approximate surface area is 142 Å². The van der Waals surface area contributed by atoms with Gasteiger partial charge >= 0.3 is 5.97 Å². The van der Waals surface area contributed by atoms with E-state index in [-0.39, 0.29) is 29.5 Å². The standard InChI is InChI=1S/C16H23FO2.2C2H6/c1-9(2)13-7-12(17)8-14(10(3)4)15(13)11(5)16(18)19-6;2*1-2/h7-11H,1-6H3;2*1-2H3. The number of hydrogen-bond donors (Lipinski definition) is 0. The van der Waals surface area contributed by atoms with Crippen molar-refractivity contribution in [2.24, 2.45) is 0 Å². The van der Waals surface area contributed by atoms with E-state index in [0.717, 1.165) is 16.7 Å². The first-order valence-electron chi connectivity index (χ1n) is 8.70. The van der Waals surface area contributed by atoms with Crippen molar-refractivity contribution in [2.75, 3.05) is 7.11 Å². The molecule has 0 amide bonds. The quantitative estimate of drug-likeness (QED) is 0.598. The van der Waals surface area contributed by atoms with Gasteiger partial charge in [0.2, 0.25) is 0 Å². The van der Waals surface area contributed by atoms with Crippen LogP contribution in [0.4, 0.5) is 4.39 Å². The summed E-state index contributed by atoms with van der Waals surface area (Å²) in [5.41, 5.74) is 2.70. The summed E-state index contributed by atoms with van der Waals surface area (Å²) < 4.78 is 18.6.